The highest BCUT2D eigenvalue weighted by atomic mass is 31.1. The molecule has 3 rings (SSSR count). The summed E-state index contributed by atoms with van der Waals surface area (Å²) in [4.78, 5) is 12.3. The Bertz CT molecular complexity index is 1340. The lowest BCUT2D eigenvalue weighted by Gasteiger charge is -2.58. The van der Waals surface area contributed by atoms with E-state index in [2.05, 4.69) is 206 Å². The van der Waals surface area contributed by atoms with Crippen LogP contribution in [0.5, 0.6) is 0 Å². The molecule has 1 aliphatic rings. The van der Waals surface area contributed by atoms with Crippen LogP contribution in [0.3, 0.4) is 0 Å². The third-order valence-corrected chi connectivity index (χ3v) is 56.5. The Hall–Kier alpha value is 0.895. The molecule has 0 saturated heterocycles. The van der Waals surface area contributed by atoms with Crippen LogP contribution in [0, 0.1) is 12.3 Å². The topological polar surface area (TPSA) is 25.8 Å². The summed E-state index contributed by atoms with van der Waals surface area (Å²) in [5, 5.41) is 3.52. The number of fused-ring (bicyclic) bond motifs is 4. The number of pyridine rings is 2. The van der Waals surface area contributed by atoms with Crippen molar-refractivity contribution < 1.29 is 0 Å². The van der Waals surface area contributed by atoms with Crippen LogP contribution in [0.4, 0.5) is 0 Å². The van der Waals surface area contributed by atoms with Gasteiger partial charge in [0.15, 0.2) is 0 Å². The number of aromatic nitrogens is 2. The molecule has 1 aliphatic heterocycles. The van der Waals surface area contributed by atoms with Crippen LogP contribution in [0.2, 0.25) is 167 Å². The lowest BCUT2D eigenvalue weighted by molar-refractivity contribution is 0.967. The molecule has 6 atom stereocenters. The van der Waals surface area contributed by atoms with E-state index < -0.39 is 80.4 Å². The Labute approximate surface area is 348 Å². The Balaban J connectivity index is 2.67. The van der Waals surface area contributed by atoms with E-state index in [1.165, 1.54) is 22.8 Å². The average molecular weight is 906 g/mol. The number of hydrogen-bond acceptors (Lipinski definition) is 2. The smallest absolute Gasteiger partial charge is 0.0559 e. The van der Waals surface area contributed by atoms with Crippen LogP contribution < -0.4 is 0 Å². The lowest BCUT2D eigenvalue weighted by Crippen LogP contribution is -2.46. The summed E-state index contributed by atoms with van der Waals surface area (Å²) in [6.45, 7) is 64.0. The maximum atomic E-state index is 6.15. The Morgan fingerprint density at radius 3 is 0.704 bits per heavy atom. The maximum Gasteiger partial charge on any atom is 0.0559 e. The fraction of sp³-hybridized carbons (Fsp3) is 0.714. The second-order valence-electron chi connectivity index (χ2n) is 25.7. The largest absolute Gasteiger partial charge is 0.304 e. The van der Waals surface area contributed by atoms with Crippen LogP contribution in [-0.2, 0) is 0 Å². The van der Waals surface area contributed by atoms with Crippen molar-refractivity contribution in [2.75, 3.05) is 0 Å². The number of hydrogen-bond donors (Lipinski definition) is 0. The molecule has 0 spiro atoms. The normalized spacial score (nSPS) is 24.4. The fourth-order valence-corrected chi connectivity index (χ4v) is 66.2. The predicted molar refractivity (Wildman–Crippen MR) is 276 cm³/mol. The molecule has 0 amide bonds. The first kappa shape index (κ1) is 49.3. The zero-order chi connectivity index (χ0) is 42.0. The van der Waals surface area contributed by atoms with E-state index in [4.69, 9.17) is 9.97 Å². The van der Waals surface area contributed by atoms with Crippen molar-refractivity contribution in [1.82, 2.24) is 9.97 Å². The maximum absolute atomic E-state index is 6.15. The van der Waals surface area contributed by atoms with E-state index in [1.54, 1.807) is 0 Å². The molecular weight excluding hydrogens is 819 g/mol. The third kappa shape index (κ3) is 12.0. The highest BCUT2D eigenvalue weighted by Gasteiger charge is 2.47. The second-order valence-corrected chi connectivity index (χ2v) is 75.9. The first-order valence-electron chi connectivity index (χ1n) is 21.1. The van der Waals surface area contributed by atoms with Gasteiger partial charge in [0.2, 0.25) is 0 Å². The molecule has 0 aliphatic carbocycles. The third-order valence-electron chi connectivity index (χ3n) is 11.6. The monoisotopic (exact) mass is 904 g/mol. The molecule has 54 heavy (non-hydrogen) atoms. The van der Waals surface area contributed by atoms with Crippen molar-refractivity contribution in [2.45, 2.75) is 189 Å². The van der Waals surface area contributed by atoms with Gasteiger partial charge in [-0.2, -0.15) is 10.3 Å². The van der Waals surface area contributed by atoms with E-state index in [-0.39, 0.29) is 0 Å². The molecule has 2 aromatic heterocycles. The first-order chi connectivity index (χ1) is 23.9. The molecule has 0 N–H and O–H groups in total. The Kier molecular flexibility index (Phi) is 15.3. The summed E-state index contributed by atoms with van der Waals surface area (Å²) in [6.07, 6.45) is 6.18. The molecule has 12 heteroatoms. The molecule has 0 radical (unpaired) electrons. The van der Waals surface area contributed by atoms with E-state index in [0.717, 1.165) is 10.3 Å². The fourth-order valence-electron chi connectivity index (χ4n) is 10.2. The highest BCUT2D eigenvalue weighted by molar-refractivity contribution is 7.67. The summed E-state index contributed by atoms with van der Waals surface area (Å²) < 4.78 is 0. The van der Waals surface area contributed by atoms with Gasteiger partial charge in [-0.3, -0.25) is 25.8 Å². The minimum atomic E-state index is -1.80. The zero-order valence-corrected chi connectivity index (χ0v) is 49.7. The van der Waals surface area contributed by atoms with E-state index in [1.807, 2.05) is 0 Å². The molecular formula is C42H86N2P2Si8-2. The van der Waals surface area contributed by atoms with Gasteiger partial charge in [0, 0.05) is 55.1 Å². The van der Waals surface area contributed by atoms with E-state index >= 15 is 0 Å². The predicted octanol–water partition coefficient (Wildman–Crippen LogP) is 16.3. The second kappa shape index (κ2) is 16.7. The van der Waals surface area contributed by atoms with Crippen LogP contribution in [0.15, 0.2) is 36.4 Å². The minimum Gasteiger partial charge on any atom is -0.304 e. The van der Waals surface area contributed by atoms with Gasteiger partial charge in [0.25, 0.3) is 0 Å². The number of rotatable bonds is 12. The molecule has 2 unspecified atom stereocenters. The van der Waals surface area contributed by atoms with Gasteiger partial charge in [0.05, 0.1) is 32.3 Å². The van der Waals surface area contributed by atoms with E-state index in [9.17, 15) is 0 Å². The van der Waals surface area contributed by atoms with Crippen LogP contribution in [-0.4, -0.2) is 74.6 Å². The quantitative estimate of drug-likeness (QED) is 0.120. The van der Waals surface area contributed by atoms with Crippen molar-refractivity contribution in [1.29, 1.82) is 0 Å². The highest BCUT2D eigenvalue weighted by Crippen LogP contribution is 2.74. The molecule has 0 saturated carbocycles. The molecule has 308 valence electrons. The van der Waals surface area contributed by atoms with E-state index in [0.29, 0.717) is 21.1 Å². The molecule has 2 aromatic rings. The molecule has 0 fully saturated rings. The Morgan fingerprint density at radius 1 is 0.370 bits per heavy atom. The van der Waals surface area contributed by atoms with Gasteiger partial charge in [-0.05, 0) is 45.4 Å². The SMILES string of the molecule is C[Si](C)(C)C([CH-]P1[C@H]([Si](C)(C)C)c2cccc(n2)[C@H]([Si](C)(C)C)P([CH-]C([Si](C)(C)C)[Si](C)(C)C)[C@H]([Si](C)(C)C)c2cccc(n2)[C@@H]1[Si](C)(C)C)[Si](C)(C)C. The average Bonchev–Trinajstić information content (AvgIpc) is 2.89. The van der Waals surface area contributed by atoms with Crippen LogP contribution in [0.1, 0.15) is 43.9 Å². The molecule has 3 heterocycles. The first-order valence-corrected chi connectivity index (χ1v) is 52.8. The van der Waals surface area contributed by atoms with Gasteiger partial charge in [-0.25, -0.2) is 0 Å². The van der Waals surface area contributed by atoms with Gasteiger partial charge < -0.3 is 12.3 Å². The summed E-state index contributed by atoms with van der Waals surface area (Å²) in [5.74, 6) is 0. The molecule has 4 bridgehead atoms. The van der Waals surface area contributed by atoms with Crippen molar-refractivity contribution in [3.05, 3.63) is 71.5 Å². The molecule has 0 aromatic carbocycles. The summed E-state index contributed by atoms with van der Waals surface area (Å²) in [6, 6.07) is 14.9. The van der Waals surface area contributed by atoms with Crippen molar-refractivity contribution >= 4 is 80.4 Å². The minimum absolute atomic E-state index is 0.506. The van der Waals surface area contributed by atoms with Gasteiger partial charge in [-0.1, -0.05) is 169 Å². The van der Waals surface area contributed by atoms with Crippen LogP contribution >= 0.6 is 15.8 Å². The number of nitrogens with zero attached hydrogens (tertiary/aromatic N) is 2. The van der Waals surface area contributed by atoms with Gasteiger partial charge in [0.1, 0.15) is 0 Å². The van der Waals surface area contributed by atoms with Crippen molar-refractivity contribution in [2.24, 2.45) is 0 Å². The van der Waals surface area contributed by atoms with Gasteiger partial charge in [-0.15, -0.1) is 0 Å². The zero-order valence-electron chi connectivity index (χ0n) is 39.9. The van der Waals surface area contributed by atoms with Crippen LogP contribution in [0.25, 0.3) is 0 Å². The summed E-state index contributed by atoms with van der Waals surface area (Å²) in [7, 11) is -14.4. The van der Waals surface area contributed by atoms with Crippen molar-refractivity contribution in [3.63, 3.8) is 0 Å². The Morgan fingerprint density at radius 2 is 0.556 bits per heavy atom. The summed E-state index contributed by atoms with van der Waals surface area (Å²) in [5.41, 5.74) is 5.75. The standard InChI is InChI=1S/C42H86N2P2Si8/c1-47(2,3)37(48(4,5)6)31-45-39(51(13,14)15)33-27-25-29-35(43-33)41(53(19,20)21)46(32-38(49(7,8)9)50(10,11)12)42(54(22,23)24)36-30-26-28-34(44-36)40(45)52(16,17)18/h25-32,37-42H,1-24H3/q-2/t39-,40+,41+,42-,45?,46?. The van der Waals surface area contributed by atoms with Gasteiger partial charge >= 0.3 is 0 Å². The lowest BCUT2D eigenvalue weighted by atomic mass is 10.3. The summed E-state index contributed by atoms with van der Waals surface area (Å²) >= 11 is 0. The van der Waals surface area contributed by atoms with Crippen molar-refractivity contribution in [3.8, 4) is 0 Å². The molecule has 2 nitrogen and oxygen atoms in total.